The molecule has 0 radical (unpaired) electrons. The van der Waals surface area contributed by atoms with Gasteiger partial charge in [0.1, 0.15) is 0 Å². The Labute approximate surface area is 168 Å². The van der Waals surface area contributed by atoms with Gasteiger partial charge in [0.15, 0.2) is 5.78 Å². The van der Waals surface area contributed by atoms with Gasteiger partial charge in [0.2, 0.25) is 11.8 Å². The molecule has 1 atom stereocenters. The van der Waals surface area contributed by atoms with Gasteiger partial charge in [0.05, 0.1) is 5.25 Å². The van der Waals surface area contributed by atoms with E-state index in [0.29, 0.717) is 22.4 Å². The highest BCUT2D eigenvalue weighted by atomic mass is 79.9. The summed E-state index contributed by atoms with van der Waals surface area (Å²) in [6.45, 7) is 3.26. The molecule has 0 aliphatic carbocycles. The predicted octanol–water partition coefficient (Wildman–Crippen LogP) is 4.82. The number of ketones is 1. The van der Waals surface area contributed by atoms with Crippen molar-refractivity contribution in [2.75, 3.05) is 5.32 Å². The fraction of sp³-hybridized carbons (Fsp3) is 0.158. The van der Waals surface area contributed by atoms with Crippen molar-refractivity contribution in [3.8, 4) is 11.5 Å². The maximum absolute atomic E-state index is 12.4. The topological polar surface area (TPSA) is 85.1 Å². The lowest BCUT2D eigenvalue weighted by Crippen LogP contribution is -2.22. The summed E-state index contributed by atoms with van der Waals surface area (Å²) < 4.78 is 6.55. The first-order valence-corrected chi connectivity index (χ1v) is 9.77. The Hall–Kier alpha value is -2.45. The molecule has 0 aliphatic rings. The molecule has 1 heterocycles. The first-order chi connectivity index (χ1) is 12.9. The Morgan fingerprint density at radius 2 is 1.89 bits per heavy atom. The molecule has 0 spiro atoms. The summed E-state index contributed by atoms with van der Waals surface area (Å²) in [6, 6.07) is 14.3. The van der Waals surface area contributed by atoms with E-state index in [2.05, 4.69) is 31.4 Å². The fourth-order valence-electron chi connectivity index (χ4n) is 2.23. The lowest BCUT2D eigenvalue weighted by Gasteiger charge is -2.10. The number of Topliss-reactive ketones (excluding diaryl/α,β-unsaturated/α-hetero) is 1. The Bertz CT molecular complexity index is 972. The van der Waals surface area contributed by atoms with Gasteiger partial charge < -0.3 is 9.73 Å². The summed E-state index contributed by atoms with van der Waals surface area (Å²) in [6.07, 6.45) is 0. The quantitative estimate of drug-likeness (QED) is 0.432. The minimum absolute atomic E-state index is 0.0190. The van der Waals surface area contributed by atoms with E-state index >= 15 is 0 Å². The van der Waals surface area contributed by atoms with E-state index in [1.54, 1.807) is 31.2 Å². The SMILES string of the molecule is CC(=O)c1ccc(NC(=O)C(C)Sc2nnc(-c3cccc(Br)c3)o2)cc1. The van der Waals surface area contributed by atoms with Crippen molar-refractivity contribution in [3.63, 3.8) is 0 Å². The van der Waals surface area contributed by atoms with Crippen LogP contribution in [0.5, 0.6) is 0 Å². The lowest BCUT2D eigenvalue weighted by molar-refractivity contribution is -0.115. The van der Waals surface area contributed by atoms with Crippen molar-refractivity contribution in [2.45, 2.75) is 24.3 Å². The first kappa shape index (κ1) is 19.3. The number of nitrogens with one attached hydrogen (secondary N) is 1. The number of benzene rings is 2. The molecule has 1 amide bonds. The van der Waals surface area contributed by atoms with Crippen molar-refractivity contribution >= 4 is 45.1 Å². The molecule has 2 aromatic carbocycles. The van der Waals surface area contributed by atoms with Crippen LogP contribution >= 0.6 is 27.7 Å². The predicted molar refractivity (Wildman–Crippen MR) is 108 cm³/mol. The van der Waals surface area contributed by atoms with Crippen LogP contribution in [0.15, 0.2) is 62.6 Å². The summed E-state index contributed by atoms with van der Waals surface area (Å²) in [5, 5.41) is 10.7. The van der Waals surface area contributed by atoms with Crippen LogP contribution in [0, 0.1) is 0 Å². The number of rotatable bonds is 6. The molecule has 6 nitrogen and oxygen atoms in total. The molecular weight excluding hydrogens is 430 g/mol. The van der Waals surface area contributed by atoms with Gasteiger partial charge in [0, 0.05) is 21.3 Å². The van der Waals surface area contributed by atoms with Crippen LogP contribution in [0.1, 0.15) is 24.2 Å². The van der Waals surface area contributed by atoms with Crippen LogP contribution in [0.4, 0.5) is 5.69 Å². The number of carbonyl (C=O) groups excluding carboxylic acids is 2. The molecule has 3 rings (SSSR count). The summed E-state index contributed by atoms with van der Waals surface area (Å²) in [5.74, 6) is 0.179. The van der Waals surface area contributed by atoms with Gasteiger partial charge in [-0.15, -0.1) is 10.2 Å². The highest BCUT2D eigenvalue weighted by molar-refractivity contribution is 9.10. The summed E-state index contributed by atoms with van der Waals surface area (Å²) >= 11 is 4.58. The highest BCUT2D eigenvalue weighted by Gasteiger charge is 2.19. The highest BCUT2D eigenvalue weighted by Crippen LogP contribution is 2.28. The van der Waals surface area contributed by atoms with Crippen LogP contribution in [-0.4, -0.2) is 27.1 Å². The molecule has 1 aromatic heterocycles. The number of carbonyl (C=O) groups is 2. The largest absolute Gasteiger partial charge is 0.411 e. The molecule has 0 bridgehead atoms. The van der Waals surface area contributed by atoms with E-state index < -0.39 is 5.25 Å². The molecule has 27 heavy (non-hydrogen) atoms. The number of amides is 1. The summed E-state index contributed by atoms with van der Waals surface area (Å²) in [4.78, 5) is 23.7. The van der Waals surface area contributed by atoms with Crippen LogP contribution in [0.3, 0.4) is 0 Å². The van der Waals surface area contributed by atoms with Crippen molar-refractivity contribution in [1.82, 2.24) is 10.2 Å². The standard InChI is InChI=1S/C19H16BrN3O3S/c1-11(24)13-6-8-16(9-7-13)21-17(25)12(2)27-19-23-22-18(26-19)14-4-3-5-15(20)10-14/h3-10,12H,1-2H3,(H,21,25). The van der Waals surface area contributed by atoms with E-state index in [9.17, 15) is 9.59 Å². The zero-order valence-electron chi connectivity index (χ0n) is 14.6. The third kappa shape index (κ3) is 5.05. The van der Waals surface area contributed by atoms with Gasteiger partial charge in [-0.1, -0.05) is 33.8 Å². The molecule has 0 saturated carbocycles. The molecule has 0 saturated heterocycles. The minimum atomic E-state index is -0.437. The van der Waals surface area contributed by atoms with E-state index in [-0.39, 0.29) is 11.7 Å². The normalized spacial score (nSPS) is 11.8. The van der Waals surface area contributed by atoms with Crippen molar-refractivity contribution in [3.05, 3.63) is 58.6 Å². The Kier molecular flexibility index (Phi) is 6.08. The number of nitrogens with zero attached hydrogens (tertiary/aromatic N) is 2. The van der Waals surface area contributed by atoms with Crippen LogP contribution in [0.25, 0.3) is 11.5 Å². The van der Waals surface area contributed by atoms with E-state index in [4.69, 9.17) is 4.42 Å². The number of anilines is 1. The molecular formula is C19H16BrN3O3S. The van der Waals surface area contributed by atoms with Crippen LogP contribution in [0.2, 0.25) is 0 Å². The van der Waals surface area contributed by atoms with Gasteiger partial charge >= 0.3 is 0 Å². The van der Waals surface area contributed by atoms with Gasteiger partial charge in [-0.05, 0) is 56.3 Å². The van der Waals surface area contributed by atoms with E-state index in [1.807, 2.05) is 24.3 Å². The van der Waals surface area contributed by atoms with E-state index in [0.717, 1.165) is 10.0 Å². The maximum Gasteiger partial charge on any atom is 0.277 e. The van der Waals surface area contributed by atoms with Gasteiger partial charge in [-0.3, -0.25) is 9.59 Å². The Morgan fingerprint density at radius 3 is 2.56 bits per heavy atom. The molecule has 1 unspecified atom stereocenters. The Balaban J connectivity index is 1.62. The number of aromatic nitrogens is 2. The molecule has 1 N–H and O–H groups in total. The van der Waals surface area contributed by atoms with Crippen molar-refractivity contribution < 1.29 is 14.0 Å². The number of hydrogen-bond donors (Lipinski definition) is 1. The lowest BCUT2D eigenvalue weighted by atomic mass is 10.1. The van der Waals surface area contributed by atoms with Crippen molar-refractivity contribution in [2.24, 2.45) is 0 Å². The molecule has 8 heteroatoms. The number of hydrogen-bond acceptors (Lipinski definition) is 6. The Morgan fingerprint density at radius 1 is 1.15 bits per heavy atom. The summed E-state index contributed by atoms with van der Waals surface area (Å²) in [5.41, 5.74) is 2.02. The third-order valence-electron chi connectivity index (χ3n) is 3.68. The zero-order valence-corrected chi connectivity index (χ0v) is 17.0. The zero-order chi connectivity index (χ0) is 19.4. The van der Waals surface area contributed by atoms with Gasteiger partial charge in [0.25, 0.3) is 5.22 Å². The third-order valence-corrected chi connectivity index (χ3v) is 5.11. The first-order valence-electron chi connectivity index (χ1n) is 8.10. The average molecular weight is 446 g/mol. The molecule has 3 aromatic rings. The second kappa shape index (κ2) is 8.49. The van der Waals surface area contributed by atoms with Crippen LogP contribution < -0.4 is 5.32 Å². The molecule has 0 aliphatic heterocycles. The molecule has 138 valence electrons. The number of thioether (sulfide) groups is 1. The second-order valence-electron chi connectivity index (χ2n) is 5.77. The van der Waals surface area contributed by atoms with Crippen molar-refractivity contribution in [1.29, 1.82) is 0 Å². The minimum Gasteiger partial charge on any atom is -0.411 e. The number of halogens is 1. The van der Waals surface area contributed by atoms with Gasteiger partial charge in [-0.25, -0.2) is 0 Å². The van der Waals surface area contributed by atoms with Crippen LogP contribution in [-0.2, 0) is 4.79 Å². The monoisotopic (exact) mass is 445 g/mol. The second-order valence-corrected chi connectivity index (χ2v) is 7.97. The average Bonchev–Trinajstić information content (AvgIpc) is 3.10. The molecule has 0 fully saturated rings. The van der Waals surface area contributed by atoms with E-state index in [1.165, 1.54) is 18.7 Å². The smallest absolute Gasteiger partial charge is 0.277 e. The summed E-state index contributed by atoms with van der Waals surface area (Å²) in [7, 11) is 0. The van der Waals surface area contributed by atoms with Gasteiger partial charge in [-0.2, -0.15) is 0 Å². The maximum atomic E-state index is 12.4. The fourth-order valence-corrected chi connectivity index (χ4v) is 3.32.